The number of aryl methyl sites for hydroxylation is 1. The van der Waals surface area contributed by atoms with Gasteiger partial charge in [0.05, 0.1) is 11.2 Å². The third-order valence-electron chi connectivity index (χ3n) is 6.44. The van der Waals surface area contributed by atoms with Crippen LogP contribution in [0.2, 0.25) is 0 Å². The second kappa shape index (κ2) is 9.91. The summed E-state index contributed by atoms with van der Waals surface area (Å²) in [5.74, 6) is 0. The van der Waals surface area contributed by atoms with Gasteiger partial charge in [-0.3, -0.25) is 10.00 Å². The van der Waals surface area contributed by atoms with Crippen molar-refractivity contribution in [3.8, 4) is 0 Å². The summed E-state index contributed by atoms with van der Waals surface area (Å²) < 4.78 is 0. The van der Waals surface area contributed by atoms with E-state index >= 15 is 0 Å². The molecule has 0 spiro atoms. The van der Waals surface area contributed by atoms with Gasteiger partial charge in [0.25, 0.3) is 0 Å². The van der Waals surface area contributed by atoms with E-state index in [1.807, 2.05) is 0 Å². The van der Waals surface area contributed by atoms with Gasteiger partial charge in [0.15, 0.2) is 0 Å². The predicted octanol–water partition coefficient (Wildman–Crippen LogP) is 5.46. The fraction of sp³-hybridized carbons (Fsp3) is 0.296. The number of anilines is 1. The van der Waals surface area contributed by atoms with E-state index in [2.05, 4.69) is 105 Å². The molecular formula is C27H31N5S. The van der Waals surface area contributed by atoms with Crippen molar-refractivity contribution in [2.75, 3.05) is 38.5 Å². The number of likely N-dealkylation sites (N-methyl/N-ethyl adjacent to an activating group) is 1. The largest absolute Gasteiger partial charge is 0.380 e. The van der Waals surface area contributed by atoms with E-state index in [-0.39, 0.29) is 0 Å². The third kappa shape index (κ3) is 5.19. The molecule has 2 N–H and O–H groups in total. The molecule has 0 radical (unpaired) electrons. The monoisotopic (exact) mass is 457 g/mol. The highest BCUT2D eigenvalue weighted by molar-refractivity contribution is 7.09. The summed E-state index contributed by atoms with van der Waals surface area (Å²) in [6, 6.07) is 17.4. The summed E-state index contributed by atoms with van der Waals surface area (Å²) in [7, 11) is 2.20. The first-order chi connectivity index (χ1) is 16.2. The van der Waals surface area contributed by atoms with E-state index in [1.165, 1.54) is 27.0 Å². The maximum atomic E-state index is 4.60. The Hall–Kier alpha value is -2.93. The predicted molar refractivity (Wildman–Crippen MR) is 141 cm³/mol. The van der Waals surface area contributed by atoms with Crippen molar-refractivity contribution < 1.29 is 0 Å². The highest BCUT2D eigenvalue weighted by Gasteiger charge is 2.14. The first-order valence-corrected chi connectivity index (χ1v) is 12.5. The van der Waals surface area contributed by atoms with Crippen molar-refractivity contribution >= 4 is 40.1 Å². The summed E-state index contributed by atoms with van der Waals surface area (Å²) in [5.41, 5.74) is 7.00. The lowest BCUT2D eigenvalue weighted by molar-refractivity contribution is 0.148. The number of rotatable bonds is 7. The molecule has 1 aliphatic rings. The standard InChI is InChI=1S/C27H31N5S/c1-20-24(28-18-23-7-4-16-33-23)10-11-26-27(20)25(29-30-26)9-8-21-5-3-6-22(17-21)19-32-14-12-31(2)13-15-32/h3-11,16-17,28H,12-15,18-19H2,1-2H3,(H,29,30). The molecule has 1 aliphatic heterocycles. The Balaban J connectivity index is 1.32. The van der Waals surface area contributed by atoms with Gasteiger partial charge in [0, 0.05) is 55.2 Å². The lowest BCUT2D eigenvalue weighted by atomic mass is 10.0. The number of fused-ring (bicyclic) bond motifs is 1. The highest BCUT2D eigenvalue weighted by atomic mass is 32.1. The minimum absolute atomic E-state index is 0.840. The number of H-pyrrole nitrogens is 1. The molecule has 5 nitrogen and oxygen atoms in total. The molecule has 0 bridgehead atoms. The van der Waals surface area contributed by atoms with Gasteiger partial charge in [-0.25, -0.2) is 0 Å². The van der Waals surface area contributed by atoms with Gasteiger partial charge < -0.3 is 10.2 Å². The van der Waals surface area contributed by atoms with Crippen LogP contribution in [0.1, 0.15) is 27.3 Å². The fourth-order valence-electron chi connectivity index (χ4n) is 4.45. The minimum atomic E-state index is 0.840. The van der Waals surface area contributed by atoms with Crippen LogP contribution in [0.25, 0.3) is 23.1 Å². The quantitative estimate of drug-likeness (QED) is 0.387. The molecule has 0 atom stereocenters. The van der Waals surface area contributed by atoms with Gasteiger partial charge in [0.2, 0.25) is 0 Å². The number of aromatic nitrogens is 2. The number of benzene rings is 2. The molecule has 3 heterocycles. The Morgan fingerprint density at radius 2 is 1.94 bits per heavy atom. The van der Waals surface area contributed by atoms with E-state index < -0.39 is 0 Å². The zero-order valence-corrected chi connectivity index (χ0v) is 20.2. The van der Waals surface area contributed by atoms with Gasteiger partial charge in [-0.2, -0.15) is 5.10 Å². The van der Waals surface area contributed by atoms with Crippen LogP contribution in [0.15, 0.2) is 53.9 Å². The maximum Gasteiger partial charge on any atom is 0.0930 e. The highest BCUT2D eigenvalue weighted by Crippen LogP contribution is 2.28. The van der Waals surface area contributed by atoms with Crippen molar-refractivity contribution in [3.05, 3.63) is 81.2 Å². The van der Waals surface area contributed by atoms with E-state index in [0.717, 1.165) is 56.2 Å². The number of piperazine rings is 1. The smallest absolute Gasteiger partial charge is 0.0930 e. The van der Waals surface area contributed by atoms with Gasteiger partial charge >= 0.3 is 0 Å². The topological polar surface area (TPSA) is 47.2 Å². The van der Waals surface area contributed by atoms with E-state index in [9.17, 15) is 0 Å². The van der Waals surface area contributed by atoms with Crippen LogP contribution in [0, 0.1) is 6.92 Å². The molecule has 1 fully saturated rings. The van der Waals surface area contributed by atoms with Crippen molar-refractivity contribution in [3.63, 3.8) is 0 Å². The molecule has 1 saturated heterocycles. The average Bonchev–Trinajstić information content (AvgIpc) is 3.49. The van der Waals surface area contributed by atoms with Gasteiger partial charge in [-0.05, 0) is 60.3 Å². The number of hydrogen-bond donors (Lipinski definition) is 2. The molecule has 33 heavy (non-hydrogen) atoms. The van der Waals surface area contributed by atoms with E-state index in [4.69, 9.17) is 0 Å². The summed E-state index contributed by atoms with van der Waals surface area (Å²) in [6.45, 7) is 8.59. The molecule has 0 unspecified atom stereocenters. The van der Waals surface area contributed by atoms with Crippen LogP contribution in [0.3, 0.4) is 0 Å². The van der Waals surface area contributed by atoms with Crippen molar-refractivity contribution in [2.24, 2.45) is 0 Å². The average molecular weight is 458 g/mol. The van der Waals surface area contributed by atoms with Crippen LogP contribution < -0.4 is 5.32 Å². The first-order valence-electron chi connectivity index (χ1n) is 11.6. The number of thiophene rings is 1. The van der Waals surface area contributed by atoms with E-state index in [1.54, 1.807) is 11.3 Å². The molecule has 0 saturated carbocycles. The van der Waals surface area contributed by atoms with E-state index in [0.29, 0.717) is 0 Å². The first kappa shape index (κ1) is 21.9. The summed E-state index contributed by atoms with van der Waals surface area (Å²) in [5, 5.41) is 14.7. The molecule has 2 aromatic heterocycles. The van der Waals surface area contributed by atoms with Gasteiger partial charge in [-0.1, -0.05) is 36.4 Å². The summed E-state index contributed by atoms with van der Waals surface area (Å²) >= 11 is 1.78. The van der Waals surface area contributed by atoms with Crippen molar-refractivity contribution in [1.82, 2.24) is 20.0 Å². The molecule has 2 aromatic carbocycles. The maximum absolute atomic E-state index is 4.60. The minimum Gasteiger partial charge on any atom is -0.380 e. The molecule has 5 rings (SSSR count). The number of nitrogens with one attached hydrogen (secondary N) is 2. The third-order valence-corrected chi connectivity index (χ3v) is 7.31. The SMILES string of the molecule is Cc1c(NCc2cccs2)ccc2[nH]nc(C=Cc3cccc(CN4CCN(C)CC4)c3)c12. The summed E-state index contributed by atoms with van der Waals surface area (Å²) in [6.07, 6.45) is 4.30. The Bertz CT molecular complexity index is 1230. The second-order valence-corrected chi connectivity index (χ2v) is 9.89. The molecule has 6 heteroatoms. The lowest BCUT2D eigenvalue weighted by Crippen LogP contribution is -2.43. The second-order valence-electron chi connectivity index (χ2n) is 8.86. The normalized spacial score (nSPS) is 15.6. The van der Waals surface area contributed by atoms with Crippen LogP contribution >= 0.6 is 11.3 Å². The van der Waals surface area contributed by atoms with Crippen LogP contribution in [0.5, 0.6) is 0 Å². The fourth-order valence-corrected chi connectivity index (χ4v) is 5.10. The lowest BCUT2D eigenvalue weighted by Gasteiger charge is -2.32. The zero-order valence-electron chi connectivity index (χ0n) is 19.3. The number of hydrogen-bond acceptors (Lipinski definition) is 5. The van der Waals surface area contributed by atoms with Gasteiger partial charge in [0.1, 0.15) is 0 Å². The number of nitrogens with zero attached hydrogens (tertiary/aromatic N) is 3. The number of aromatic amines is 1. The Labute approximate surface area is 199 Å². The van der Waals surface area contributed by atoms with Crippen LogP contribution in [-0.2, 0) is 13.1 Å². The Morgan fingerprint density at radius 3 is 2.76 bits per heavy atom. The molecule has 0 amide bonds. The summed E-state index contributed by atoms with van der Waals surface area (Å²) in [4.78, 5) is 6.27. The van der Waals surface area contributed by atoms with Crippen LogP contribution in [0.4, 0.5) is 5.69 Å². The Kier molecular flexibility index (Phi) is 6.58. The van der Waals surface area contributed by atoms with Crippen molar-refractivity contribution in [1.29, 1.82) is 0 Å². The van der Waals surface area contributed by atoms with Gasteiger partial charge in [-0.15, -0.1) is 11.3 Å². The molecule has 0 aliphatic carbocycles. The van der Waals surface area contributed by atoms with Crippen molar-refractivity contribution in [2.45, 2.75) is 20.0 Å². The molecular weight excluding hydrogens is 426 g/mol. The molecule has 4 aromatic rings. The van der Waals surface area contributed by atoms with Crippen LogP contribution in [-0.4, -0.2) is 53.2 Å². The Morgan fingerprint density at radius 1 is 1.06 bits per heavy atom. The molecule has 170 valence electrons. The zero-order chi connectivity index (χ0) is 22.6.